The highest BCUT2D eigenvalue weighted by atomic mass is 19.3. The lowest BCUT2D eigenvalue weighted by molar-refractivity contribution is -0.139. The predicted molar refractivity (Wildman–Crippen MR) is 44.9 cm³/mol. The molecule has 1 rings (SSSR count). The second kappa shape index (κ2) is 4.77. The number of rotatable bonds is 3. The second-order valence-electron chi connectivity index (χ2n) is 2.72. The standard InChI is InChI=1S/C9H8F3NO2/c1-15-8(14)4-7-5(10)2-3-6(13-7)9(11)12/h2-3,9H,4H2,1H3. The Kier molecular flexibility index (Phi) is 3.65. The van der Waals surface area contributed by atoms with E-state index in [1.807, 2.05) is 0 Å². The maximum Gasteiger partial charge on any atom is 0.311 e. The lowest BCUT2D eigenvalue weighted by atomic mass is 10.2. The van der Waals surface area contributed by atoms with Crippen molar-refractivity contribution in [3.63, 3.8) is 0 Å². The van der Waals surface area contributed by atoms with Gasteiger partial charge in [-0.3, -0.25) is 4.79 Å². The third kappa shape index (κ3) is 2.93. The van der Waals surface area contributed by atoms with Crippen LogP contribution in [0.4, 0.5) is 13.2 Å². The topological polar surface area (TPSA) is 39.2 Å². The van der Waals surface area contributed by atoms with Gasteiger partial charge in [-0.25, -0.2) is 18.2 Å². The maximum absolute atomic E-state index is 13.0. The van der Waals surface area contributed by atoms with Crippen LogP contribution in [0.1, 0.15) is 17.8 Å². The van der Waals surface area contributed by atoms with E-state index >= 15 is 0 Å². The Balaban J connectivity index is 2.95. The van der Waals surface area contributed by atoms with E-state index in [2.05, 4.69) is 9.72 Å². The zero-order valence-electron chi connectivity index (χ0n) is 7.84. The van der Waals surface area contributed by atoms with Gasteiger partial charge in [0.25, 0.3) is 6.43 Å². The number of methoxy groups -OCH3 is 1. The molecule has 0 aliphatic heterocycles. The van der Waals surface area contributed by atoms with Gasteiger partial charge in [-0.05, 0) is 12.1 Å². The molecule has 0 bridgehead atoms. The smallest absolute Gasteiger partial charge is 0.311 e. The average Bonchev–Trinajstić information content (AvgIpc) is 2.20. The molecular formula is C9H8F3NO2. The van der Waals surface area contributed by atoms with Crippen LogP contribution in [0.25, 0.3) is 0 Å². The lowest BCUT2D eigenvalue weighted by Gasteiger charge is -2.04. The van der Waals surface area contributed by atoms with E-state index in [1.54, 1.807) is 0 Å². The number of carbonyl (C=O) groups is 1. The molecule has 1 heterocycles. The van der Waals surface area contributed by atoms with E-state index in [4.69, 9.17) is 0 Å². The largest absolute Gasteiger partial charge is 0.469 e. The summed E-state index contributed by atoms with van der Waals surface area (Å²) in [5.41, 5.74) is -0.894. The van der Waals surface area contributed by atoms with E-state index in [9.17, 15) is 18.0 Å². The van der Waals surface area contributed by atoms with Gasteiger partial charge in [-0.2, -0.15) is 0 Å². The van der Waals surface area contributed by atoms with Crippen LogP contribution in [0.2, 0.25) is 0 Å². The summed E-state index contributed by atoms with van der Waals surface area (Å²) < 4.78 is 41.7. The highest BCUT2D eigenvalue weighted by Crippen LogP contribution is 2.18. The summed E-state index contributed by atoms with van der Waals surface area (Å²) in [5, 5.41) is 0. The van der Waals surface area contributed by atoms with Crippen LogP contribution in [-0.2, 0) is 16.0 Å². The lowest BCUT2D eigenvalue weighted by Crippen LogP contribution is -2.09. The fourth-order valence-corrected chi connectivity index (χ4v) is 0.956. The van der Waals surface area contributed by atoms with Crippen molar-refractivity contribution in [1.29, 1.82) is 0 Å². The molecule has 0 saturated carbocycles. The fraction of sp³-hybridized carbons (Fsp3) is 0.333. The Morgan fingerprint density at radius 1 is 1.53 bits per heavy atom. The Morgan fingerprint density at radius 3 is 2.73 bits per heavy atom. The van der Waals surface area contributed by atoms with Gasteiger partial charge in [-0.15, -0.1) is 0 Å². The number of halogens is 3. The van der Waals surface area contributed by atoms with Gasteiger partial charge < -0.3 is 4.74 Å². The minimum atomic E-state index is -2.79. The van der Waals surface area contributed by atoms with Crippen molar-refractivity contribution >= 4 is 5.97 Å². The molecule has 0 amide bonds. The van der Waals surface area contributed by atoms with Crippen molar-refractivity contribution in [3.8, 4) is 0 Å². The third-order valence-electron chi connectivity index (χ3n) is 1.70. The number of hydrogen-bond donors (Lipinski definition) is 0. The van der Waals surface area contributed by atoms with Crippen molar-refractivity contribution in [2.45, 2.75) is 12.8 Å². The Morgan fingerprint density at radius 2 is 2.20 bits per heavy atom. The van der Waals surface area contributed by atoms with E-state index in [1.165, 1.54) is 0 Å². The predicted octanol–water partition coefficient (Wildman–Crippen LogP) is 1.87. The maximum atomic E-state index is 13.0. The fourth-order valence-electron chi connectivity index (χ4n) is 0.956. The summed E-state index contributed by atoms with van der Waals surface area (Å²) in [4.78, 5) is 14.1. The molecule has 0 N–H and O–H groups in total. The van der Waals surface area contributed by atoms with Gasteiger partial charge in [0.2, 0.25) is 0 Å². The van der Waals surface area contributed by atoms with Gasteiger partial charge in [0.15, 0.2) is 0 Å². The molecule has 6 heteroatoms. The Labute approximate surface area is 83.9 Å². The molecule has 0 atom stereocenters. The van der Waals surface area contributed by atoms with Crippen LogP contribution < -0.4 is 0 Å². The molecule has 0 aliphatic carbocycles. The van der Waals surface area contributed by atoms with Gasteiger partial charge in [-0.1, -0.05) is 0 Å². The summed E-state index contributed by atoms with van der Waals surface area (Å²) in [6, 6.07) is 1.73. The van der Waals surface area contributed by atoms with E-state index in [0.717, 1.165) is 19.2 Å². The Bertz CT molecular complexity index is 368. The summed E-state index contributed by atoms with van der Waals surface area (Å²) in [6.07, 6.45) is -3.25. The molecule has 0 unspecified atom stereocenters. The molecule has 0 aliphatic rings. The van der Waals surface area contributed by atoms with Crippen LogP contribution in [0.5, 0.6) is 0 Å². The van der Waals surface area contributed by atoms with Crippen molar-refractivity contribution in [2.75, 3.05) is 7.11 Å². The first-order valence-corrected chi connectivity index (χ1v) is 4.05. The minimum Gasteiger partial charge on any atom is -0.469 e. The first-order chi connectivity index (χ1) is 7.04. The van der Waals surface area contributed by atoms with Gasteiger partial charge in [0.05, 0.1) is 19.2 Å². The van der Waals surface area contributed by atoms with Crippen LogP contribution >= 0.6 is 0 Å². The molecule has 1 aromatic rings. The van der Waals surface area contributed by atoms with Crippen LogP contribution in [-0.4, -0.2) is 18.1 Å². The first-order valence-electron chi connectivity index (χ1n) is 4.05. The number of alkyl halides is 2. The van der Waals surface area contributed by atoms with Crippen molar-refractivity contribution in [3.05, 3.63) is 29.3 Å². The van der Waals surface area contributed by atoms with E-state index in [-0.39, 0.29) is 5.69 Å². The number of hydrogen-bond acceptors (Lipinski definition) is 3. The molecule has 3 nitrogen and oxygen atoms in total. The quantitative estimate of drug-likeness (QED) is 0.728. The number of pyridine rings is 1. The minimum absolute atomic E-state index is 0.334. The number of nitrogens with zero attached hydrogens (tertiary/aromatic N) is 1. The van der Waals surface area contributed by atoms with Crippen molar-refractivity contribution in [1.82, 2.24) is 4.98 Å². The summed E-state index contributed by atoms with van der Waals surface area (Å²) in [5.74, 6) is -1.53. The zero-order valence-corrected chi connectivity index (χ0v) is 7.84. The first kappa shape index (κ1) is 11.5. The number of esters is 1. The second-order valence-corrected chi connectivity index (χ2v) is 2.72. The van der Waals surface area contributed by atoms with Crippen LogP contribution in [0.15, 0.2) is 12.1 Å². The monoisotopic (exact) mass is 219 g/mol. The van der Waals surface area contributed by atoms with E-state index < -0.39 is 30.3 Å². The average molecular weight is 219 g/mol. The molecule has 1 aromatic heterocycles. The molecule has 82 valence electrons. The van der Waals surface area contributed by atoms with Crippen molar-refractivity contribution < 1.29 is 22.7 Å². The van der Waals surface area contributed by atoms with Gasteiger partial charge >= 0.3 is 5.97 Å². The molecule has 0 fully saturated rings. The normalized spacial score (nSPS) is 10.5. The highest BCUT2D eigenvalue weighted by molar-refractivity contribution is 5.71. The number of carbonyl (C=O) groups excluding carboxylic acids is 1. The zero-order chi connectivity index (χ0) is 11.4. The van der Waals surface area contributed by atoms with Crippen LogP contribution in [0, 0.1) is 5.82 Å². The SMILES string of the molecule is COC(=O)Cc1nc(C(F)F)ccc1F. The van der Waals surface area contributed by atoms with Gasteiger partial charge in [0, 0.05) is 0 Å². The molecule has 0 radical (unpaired) electrons. The molecular weight excluding hydrogens is 211 g/mol. The summed E-state index contributed by atoms with van der Waals surface area (Å²) in [6.45, 7) is 0. The number of ether oxygens (including phenoxy) is 1. The highest BCUT2D eigenvalue weighted by Gasteiger charge is 2.15. The molecule has 0 spiro atoms. The number of aromatic nitrogens is 1. The molecule has 0 saturated heterocycles. The molecule has 15 heavy (non-hydrogen) atoms. The van der Waals surface area contributed by atoms with Crippen molar-refractivity contribution in [2.24, 2.45) is 0 Å². The Hall–Kier alpha value is -1.59. The summed E-state index contributed by atoms with van der Waals surface area (Å²) >= 11 is 0. The summed E-state index contributed by atoms with van der Waals surface area (Å²) in [7, 11) is 1.12. The molecule has 0 aromatic carbocycles. The third-order valence-corrected chi connectivity index (χ3v) is 1.70. The van der Waals surface area contributed by atoms with Gasteiger partial charge in [0.1, 0.15) is 11.5 Å². The van der Waals surface area contributed by atoms with Crippen LogP contribution in [0.3, 0.4) is 0 Å². The van der Waals surface area contributed by atoms with E-state index in [0.29, 0.717) is 0 Å².